The van der Waals surface area contributed by atoms with Gasteiger partial charge in [-0.25, -0.2) is 8.42 Å². The molecule has 0 saturated carbocycles. The summed E-state index contributed by atoms with van der Waals surface area (Å²) in [6.45, 7) is 7.72. The second-order valence-electron chi connectivity index (χ2n) is 7.51. The van der Waals surface area contributed by atoms with E-state index < -0.39 is 10.0 Å². The van der Waals surface area contributed by atoms with Gasteiger partial charge in [0, 0.05) is 46.3 Å². The molecule has 0 bridgehead atoms. The van der Waals surface area contributed by atoms with Crippen molar-refractivity contribution in [2.24, 2.45) is 5.92 Å². The van der Waals surface area contributed by atoms with Gasteiger partial charge in [-0.1, -0.05) is 17.7 Å². The fraction of sp³-hybridized carbons (Fsp3) is 0.650. The number of carbonyl (C=O) groups excluding carboxylic acids is 1. The van der Waals surface area contributed by atoms with Crippen LogP contribution in [0.1, 0.15) is 36.0 Å². The third-order valence-electron chi connectivity index (χ3n) is 5.22. The van der Waals surface area contributed by atoms with Crippen LogP contribution in [0.4, 0.5) is 0 Å². The van der Waals surface area contributed by atoms with E-state index in [1.165, 1.54) is 4.31 Å². The van der Waals surface area contributed by atoms with E-state index in [4.69, 9.17) is 4.74 Å². The van der Waals surface area contributed by atoms with E-state index in [1.807, 2.05) is 32.9 Å². The van der Waals surface area contributed by atoms with Crippen LogP contribution in [0.25, 0.3) is 0 Å². The molecule has 1 amide bonds. The summed E-state index contributed by atoms with van der Waals surface area (Å²) in [5.74, 6) is -0.00458. The van der Waals surface area contributed by atoms with Gasteiger partial charge in [0.15, 0.2) is 0 Å². The first-order valence-corrected chi connectivity index (χ1v) is 10.9. The Morgan fingerprint density at radius 3 is 2.26 bits per heavy atom. The highest BCUT2D eigenvalue weighted by Crippen LogP contribution is 2.29. The minimum Gasteiger partial charge on any atom is -0.385 e. The Morgan fingerprint density at radius 2 is 1.74 bits per heavy atom. The van der Waals surface area contributed by atoms with Crippen LogP contribution in [-0.4, -0.2) is 63.9 Å². The molecule has 6 nitrogen and oxygen atoms in total. The molecule has 7 heteroatoms. The number of benzene rings is 1. The van der Waals surface area contributed by atoms with Crippen molar-refractivity contribution >= 4 is 15.9 Å². The number of ether oxygens (including phenoxy) is 1. The maximum absolute atomic E-state index is 13.1. The molecule has 0 N–H and O–H groups in total. The Labute approximate surface area is 163 Å². The summed E-state index contributed by atoms with van der Waals surface area (Å²) in [7, 11) is -0.0812. The smallest absolute Gasteiger partial charge is 0.243 e. The minimum atomic E-state index is -3.54. The Balaban J connectivity index is 2.04. The zero-order chi connectivity index (χ0) is 20.2. The highest BCUT2D eigenvalue weighted by molar-refractivity contribution is 7.89. The molecule has 1 aliphatic heterocycles. The van der Waals surface area contributed by atoms with Gasteiger partial charge < -0.3 is 9.64 Å². The molecular formula is C20H32N2O4S. The SMILES string of the molecule is COCCCN(C)C(=O)C1CCN(S(=O)(=O)c2c(C)cc(C)cc2C)CC1. The molecule has 1 heterocycles. The monoisotopic (exact) mass is 396 g/mol. The van der Waals surface area contributed by atoms with Crippen molar-refractivity contribution in [3.63, 3.8) is 0 Å². The van der Waals surface area contributed by atoms with E-state index in [0.29, 0.717) is 44.0 Å². The zero-order valence-corrected chi connectivity index (χ0v) is 17.9. The molecule has 1 aromatic carbocycles. The predicted molar refractivity (Wildman–Crippen MR) is 106 cm³/mol. The number of hydrogen-bond donors (Lipinski definition) is 0. The quantitative estimate of drug-likeness (QED) is 0.664. The molecule has 27 heavy (non-hydrogen) atoms. The second-order valence-corrected chi connectivity index (χ2v) is 9.39. The molecule has 0 atom stereocenters. The summed E-state index contributed by atoms with van der Waals surface area (Å²) < 4.78 is 32.8. The standard InChI is InChI=1S/C20H32N2O4S/c1-15-13-16(2)19(17(3)14-15)27(24,25)22-10-7-18(8-11-22)20(23)21(4)9-6-12-26-5/h13-14,18H,6-12H2,1-5H3. The first kappa shape index (κ1) is 21.9. The topological polar surface area (TPSA) is 66.9 Å². The van der Waals surface area contributed by atoms with Gasteiger partial charge in [-0.15, -0.1) is 0 Å². The van der Waals surface area contributed by atoms with Crippen molar-refractivity contribution in [2.45, 2.75) is 44.9 Å². The maximum atomic E-state index is 13.1. The number of carbonyl (C=O) groups is 1. The molecule has 0 aromatic heterocycles. The lowest BCUT2D eigenvalue weighted by molar-refractivity contribution is -0.135. The van der Waals surface area contributed by atoms with Crippen molar-refractivity contribution in [2.75, 3.05) is 40.4 Å². The number of sulfonamides is 1. The van der Waals surface area contributed by atoms with Crippen LogP contribution in [0.3, 0.4) is 0 Å². The predicted octanol–water partition coefficient (Wildman–Crippen LogP) is 2.51. The molecular weight excluding hydrogens is 364 g/mol. The molecule has 1 saturated heterocycles. The first-order valence-electron chi connectivity index (χ1n) is 9.50. The van der Waals surface area contributed by atoms with Crippen molar-refractivity contribution < 1.29 is 17.9 Å². The normalized spacial score (nSPS) is 16.5. The summed E-state index contributed by atoms with van der Waals surface area (Å²) in [5.41, 5.74) is 2.62. The van der Waals surface area contributed by atoms with E-state index in [1.54, 1.807) is 19.1 Å². The third-order valence-corrected chi connectivity index (χ3v) is 7.43. The summed E-state index contributed by atoms with van der Waals surface area (Å²) in [6, 6.07) is 3.82. The van der Waals surface area contributed by atoms with E-state index in [0.717, 1.165) is 23.1 Å². The molecule has 2 rings (SSSR count). The number of rotatable bonds is 7. The van der Waals surface area contributed by atoms with Gasteiger partial charge in [0.25, 0.3) is 0 Å². The van der Waals surface area contributed by atoms with Gasteiger partial charge >= 0.3 is 0 Å². The Hall–Kier alpha value is -1.44. The second kappa shape index (κ2) is 9.17. The van der Waals surface area contributed by atoms with Crippen molar-refractivity contribution in [1.29, 1.82) is 0 Å². The first-order chi connectivity index (χ1) is 12.7. The number of nitrogens with zero attached hydrogens (tertiary/aromatic N) is 2. The molecule has 0 unspecified atom stereocenters. The van der Waals surface area contributed by atoms with E-state index in [-0.39, 0.29) is 11.8 Å². The lowest BCUT2D eigenvalue weighted by atomic mass is 9.96. The average Bonchev–Trinajstić information content (AvgIpc) is 2.60. The fourth-order valence-electron chi connectivity index (χ4n) is 3.91. The van der Waals surface area contributed by atoms with Crippen LogP contribution >= 0.6 is 0 Å². The number of methoxy groups -OCH3 is 1. The fourth-order valence-corrected chi connectivity index (χ4v) is 5.80. The van der Waals surface area contributed by atoms with Crippen LogP contribution in [0, 0.1) is 26.7 Å². The van der Waals surface area contributed by atoms with Crippen LogP contribution in [0.15, 0.2) is 17.0 Å². The summed E-state index contributed by atoms with van der Waals surface area (Å²) in [6.07, 6.45) is 1.94. The van der Waals surface area contributed by atoms with Crippen molar-refractivity contribution in [1.82, 2.24) is 9.21 Å². The number of amides is 1. The van der Waals surface area contributed by atoms with Crippen LogP contribution in [-0.2, 0) is 19.6 Å². The molecule has 0 spiro atoms. The van der Waals surface area contributed by atoms with E-state index in [2.05, 4.69) is 0 Å². The van der Waals surface area contributed by atoms with Crippen molar-refractivity contribution in [3.05, 3.63) is 28.8 Å². The van der Waals surface area contributed by atoms with Crippen LogP contribution in [0.5, 0.6) is 0 Å². The van der Waals surface area contributed by atoms with Gasteiger partial charge in [0.2, 0.25) is 15.9 Å². The van der Waals surface area contributed by atoms with Crippen molar-refractivity contribution in [3.8, 4) is 0 Å². The summed E-state index contributed by atoms with van der Waals surface area (Å²) in [5, 5.41) is 0. The highest BCUT2D eigenvalue weighted by Gasteiger charge is 2.34. The Kier molecular flexibility index (Phi) is 7.42. The van der Waals surface area contributed by atoms with Crippen LogP contribution < -0.4 is 0 Å². The lowest BCUT2D eigenvalue weighted by Crippen LogP contribution is -2.44. The van der Waals surface area contributed by atoms with E-state index >= 15 is 0 Å². The number of aryl methyl sites for hydroxylation is 3. The third kappa shape index (κ3) is 5.09. The molecule has 0 aliphatic carbocycles. The van der Waals surface area contributed by atoms with Crippen LogP contribution in [0.2, 0.25) is 0 Å². The van der Waals surface area contributed by atoms with Gasteiger partial charge in [-0.2, -0.15) is 4.31 Å². The average molecular weight is 397 g/mol. The molecule has 1 aromatic rings. The van der Waals surface area contributed by atoms with E-state index in [9.17, 15) is 13.2 Å². The molecule has 152 valence electrons. The molecule has 1 aliphatic rings. The Morgan fingerprint density at radius 1 is 1.19 bits per heavy atom. The molecule has 1 fully saturated rings. The molecule has 0 radical (unpaired) electrons. The number of piperidine rings is 1. The maximum Gasteiger partial charge on any atom is 0.243 e. The van der Waals surface area contributed by atoms with Gasteiger partial charge in [0.05, 0.1) is 4.90 Å². The van der Waals surface area contributed by atoms with Gasteiger partial charge in [-0.3, -0.25) is 4.79 Å². The number of hydrogen-bond acceptors (Lipinski definition) is 4. The Bertz CT molecular complexity index is 745. The largest absolute Gasteiger partial charge is 0.385 e. The zero-order valence-electron chi connectivity index (χ0n) is 17.1. The lowest BCUT2D eigenvalue weighted by Gasteiger charge is -2.33. The van der Waals surface area contributed by atoms with Gasteiger partial charge in [0.1, 0.15) is 0 Å². The highest BCUT2D eigenvalue weighted by atomic mass is 32.2. The summed E-state index contributed by atoms with van der Waals surface area (Å²) >= 11 is 0. The van der Waals surface area contributed by atoms with Gasteiger partial charge in [-0.05, 0) is 51.2 Å². The minimum absolute atomic E-state index is 0.103. The summed E-state index contributed by atoms with van der Waals surface area (Å²) in [4.78, 5) is 14.7.